The van der Waals surface area contributed by atoms with Gasteiger partial charge in [-0.3, -0.25) is 0 Å². The van der Waals surface area contributed by atoms with Crippen molar-refractivity contribution in [3.05, 3.63) is 0 Å². The predicted octanol–water partition coefficient (Wildman–Crippen LogP) is 0.698. The average Bonchev–Trinajstić information content (AvgIpc) is 1.61. The molecule has 2 heteroatoms. The summed E-state index contributed by atoms with van der Waals surface area (Å²) in [5.74, 6) is 0. The van der Waals surface area contributed by atoms with Crippen LogP contribution >= 0.6 is 8.70 Å². The minimum atomic E-state index is 0.827. The van der Waals surface area contributed by atoms with Gasteiger partial charge in [0.25, 0.3) is 0 Å². The summed E-state index contributed by atoms with van der Waals surface area (Å²) in [6, 6.07) is 0. The van der Waals surface area contributed by atoms with Crippen molar-refractivity contribution >= 4 is 8.70 Å². The van der Waals surface area contributed by atoms with Gasteiger partial charge in [0.15, 0.2) is 0 Å². The first-order valence-electron chi connectivity index (χ1n) is 2.02. The Kier molecular flexibility index (Phi) is 5.32. The molecule has 0 aromatic heterocycles. The van der Waals surface area contributed by atoms with Gasteiger partial charge < -0.3 is 0 Å². The topological polar surface area (TPSA) is 12.0 Å². The van der Waals surface area contributed by atoms with Crippen LogP contribution in [0, 0.1) is 5.63 Å². The van der Waals surface area contributed by atoms with Gasteiger partial charge in [-0.05, 0) is 0 Å². The molecule has 0 rings (SSSR count). The van der Waals surface area contributed by atoms with Crippen LogP contribution in [0.2, 0.25) is 0 Å². The van der Waals surface area contributed by atoms with Gasteiger partial charge in [0, 0.05) is 0 Å². The van der Waals surface area contributed by atoms with E-state index in [9.17, 15) is 0 Å². The molecule has 0 amide bonds. The van der Waals surface area contributed by atoms with E-state index in [4.69, 9.17) is 0 Å². The second kappa shape index (κ2) is 5.17. The molecule has 1 N–H and O–H groups in total. The second-order valence-electron chi connectivity index (χ2n) is 0.957. The number of nitrogens with one attached hydrogen (secondary N) is 1. The van der Waals surface area contributed by atoms with Crippen LogP contribution in [0.25, 0.3) is 0 Å². The number of hydrogen-bond acceptors (Lipinski definition) is 1. The SMILES string of the molecule is CCNCC#[PH+]. The first-order valence-corrected chi connectivity index (χ1v) is 2.52. The molecule has 0 saturated carbocycles. The van der Waals surface area contributed by atoms with Gasteiger partial charge in [0.1, 0.15) is 0 Å². The first-order chi connectivity index (χ1) is 2.91. The van der Waals surface area contributed by atoms with Crippen molar-refractivity contribution in [1.29, 1.82) is 0 Å². The predicted molar refractivity (Wildman–Crippen MR) is 30.7 cm³/mol. The van der Waals surface area contributed by atoms with Gasteiger partial charge in [-0.2, -0.15) is 0 Å². The van der Waals surface area contributed by atoms with Crippen LogP contribution in [0.1, 0.15) is 6.92 Å². The van der Waals surface area contributed by atoms with E-state index in [1.54, 1.807) is 0 Å². The van der Waals surface area contributed by atoms with E-state index in [0.29, 0.717) is 0 Å². The molecule has 0 heterocycles. The fourth-order valence-corrected chi connectivity index (χ4v) is 0.312. The Morgan fingerprint density at radius 3 is 2.67 bits per heavy atom. The third-order valence-electron chi connectivity index (χ3n) is 0.463. The molecule has 0 fully saturated rings. The van der Waals surface area contributed by atoms with Crippen molar-refractivity contribution in [2.45, 2.75) is 6.92 Å². The van der Waals surface area contributed by atoms with Crippen LogP contribution < -0.4 is 5.32 Å². The van der Waals surface area contributed by atoms with Crippen LogP contribution in [0.15, 0.2) is 0 Å². The van der Waals surface area contributed by atoms with E-state index in [1.807, 2.05) is 0 Å². The molecule has 6 heavy (non-hydrogen) atoms. The molecular weight excluding hydrogens is 93.0 g/mol. The minimum absolute atomic E-state index is 0.827. The summed E-state index contributed by atoms with van der Waals surface area (Å²) in [5.41, 5.74) is 2.76. The Morgan fingerprint density at radius 1 is 1.83 bits per heavy atom. The number of hydrogen-bond donors (Lipinski definition) is 1. The van der Waals surface area contributed by atoms with Crippen molar-refractivity contribution in [3.63, 3.8) is 0 Å². The van der Waals surface area contributed by atoms with Crippen molar-refractivity contribution in [3.8, 4) is 5.63 Å². The summed E-state index contributed by atoms with van der Waals surface area (Å²) >= 11 is 0. The van der Waals surface area contributed by atoms with E-state index in [2.05, 4.69) is 26.6 Å². The molecule has 0 aromatic rings. The normalized spacial score (nSPS) is 7.33. The molecule has 1 nitrogen and oxygen atoms in total. The maximum absolute atomic E-state index is 3.08. The third-order valence-corrected chi connectivity index (χ3v) is 0.640. The average molecular weight is 102 g/mol. The molecular formula is C4H9NP+. The maximum atomic E-state index is 3.08. The molecule has 34 valence electrons. The molecule has 0 unspecified atom stereocenters. The molecule has 0 spiro atoms. The van der Waals surface area contributed by atoms with E-state index in [1.165, 1.54) is 0 Å². The molecule has 0 aromatic carbocycles. The van der Waals surface area contributed by atoms with Crippen molar-refractivity contribution in [1.82, 2.24) is 5.32 Å². The van der Waals surface area contributed by atoms with Crippen molar-refractivity contribution in [2.75, 3.05) is 13.1 Å². The Bertz CT molecular complexity index is 55.1. The van der Waals surface area contributed by atoms with Gasteiger partial charge in [0.2, 0.25) is 0 Å². The van der Waals surface area contributed by atoms with E-state index in [-0.39, 0.29) is 0 Å². The molecule has 0 saturated heterocycles. The first kappa shape index (κ1) is 6.17. The standard InChI is InChI=1S/C4H8NP/c1-2-5-3-4-6/h5H,2-3H2,1H3/p+1. The van der Waals surface area contributed by atoms with Crippen LogP contribution in [0.3, 0.4) is 0 Å². The fourth-order valence-electron chi connectivity index (χ4n) is 0.187. The van der Waals surface area contributed by atoms with Gasteiger partial charge in [-0.15, -0.1) is 0 Å². The Labute approximate surface area is 40.6 Å². The monoisotopic (exact) mass is 102 g/mol. The molecule has 0 radical (unpaired) electrons. The summed E-state index contributed by atoms with van der Waals surface area (Å²) in [4.78, 5) is 0. The van der Waals surface area contributed by atoms with E-state index < -0.39 is 0 Å². The summed E-state index contributed by atoms with van der Waals surface area (Å²) in [6.45, 7) is 3.90. The summed E-state index contributed by atoms with van der Waals surface area (Å²) in [6.07, 6.45) is 0. The van der Waals surface area contributed by atoms with E-state index >= 15 is 0 Å². The van der Waals surface area contributed by atoms with Gasteiger partial charge in [-0.25, -0.2) is 0 Å². The zero-order valence-corrected chi connectivity index (χ0v) is 4.91. The van der Waals surface area contributed by atoms with E-state index in [0.717, 1.165) is 13.1 Å². The van der Waals surface area contributed by atoms with Gasteiger partial charge >= 0.3 is 39.7 Å². The Balaban J connectivity index is 2.54. The van der Waals surface area contributed by atoms with Crippen LogP contribution in [0.5, 0.6) is 0 Å². The summed E-state index contributed by atoms with van der Waals surface area (Å²) in [5, 5.41) is 3.04. The molecule has 0 bridgehead atoms. The van der Waals surface area contributed by atoms with Crippen molar-refractivity contribution < 1.29 is 0 Å². The number of rotatable bonds is 2. The summed E-state index contributed by atoms with van der Waals surface area (Å²) in [7, 11) is 3.08. The third kappa shape index (κ3) is 4.17. The molecule has 0 aliphatic heterocycles. The molecule has 0 aliphatic carbocycles. The Morgan fingerprint density at radius 2 is 2.50 bits per heavy atom. The van der Waals surface area contributed by atoms with Crippen LogP contribution in [0.4, 0.5) is 0 Å². The van der Waals surface area contributed by atoms with Crippen LogP contribution in [-0.4, -0.2) is 13.1 Å². The Hall–Kier alpha value is 0.170. The molecule has 0 atom stereocenters. The fraction of sp³-hybridized carbons (Fsp3) is 0.750. The zero-order valence-electron chi connectivity index (χ0n) is 3.91. The van der Waals surface area contributed by atoms with Gasteiger partial charge in [0.05, 0.1) is 0 Å². The van der Waals surface area contributed by atoms with Crippen molar-refractivity contribution in [2.24, 2.45) is 0 Å². The molecule has 0 aliphatic rings. The van der Waals surface area contributed by atoms with Gasteiger partial charge in [-0.1, -0.05) is 0 Å². The second-order valence-corrected chi connectivity index (χ2v) is 1.31. The quantitative estimate of drug-likeness (QED) is 0.399. The summed E-state index contributed by atoms with van der Waals surface area (Å²) < 4.78 is 0. The van der Waals surface area contributed by atoms with Crippen LogP contribution in [-0.2, 0) is 0 Å². The zero-order chi connectivity index (χ0) is 4.83.